The molecule has 0 saturated carbocycles. The van der Waals surface area contributed by atoms with Gasteiger partial charge in [-0.25, -0.2) is 0 Å². The van der Waals surface area contributed by atoms with Crippen LogP contribution in [0.3, 0.4) is 0 Å². The molecule has 0 saturated heterocycles. The van der Waals surface area contributed by atoms with Crippen molar-refractivity contribution in [1.82, 2.24) is 10.6 Å². The molecule has 0 spiro atoms. The van der Waals surface area contributed by atoms with Crippen molar-refractivity contribution < 1.29 is 14.3 Å². The highest BCUT2D eigenvalue weighted by molar-refractivity contribution is 5.97. The second kappa shape index (κ2) is 8.91. The number of carbonyl (C=O) groups excluding carboxylic acids is 1. The third-order valence-corrected chi connectivity index (χ3v) is 5.61. The Morgan fingerprint density at radius 1 is 1.13 bits per heavy atom. The van der Waals surface area contributed by atoms with Crippen LogP contribution in [-0.4, -0.2) is 12.7 Å². The van der Waals surface area contributed by atoms with Crippen LogP contribution >= 0.6 is 0 Å². The highest BCUT2D eigenvalue weighted by atomic mass is 16.7. The fourth-order valence-electron chi connectivity index (χ4n) is 3.80. The smallest absolute Gasteiger partial charge is 0.263 e. The monoisotopic (exact) mass is 403 g/mol. The van der Waals surface area contributed by atoms with Crippen molar-refractivity contribution in [3.63, 3.8) is 0 Å². The first kappa shape index (κ1) is 19.8. The Bertz CT molecular complexity index is 1020. The Morgan fingerprint density at radius 2 is 1.93 bits per heavy atom. The van der Waals surface area contributed by atoms with E-state index >= 15 is 0 Å². The van der Waals surface area contributed by atoms with Crippen molar-refractivity contribution in [2.75, 3.05) is 6.79 Å². The molecule has 1 amide bonds. The number of fused-ring (bicyclic) bond motifs is 2. The second-order valence-corrected chi connectivity index (χ2v) is 7.66. The number of nitrogens with one attached hydrogen (secondary N) is 2. The van der Waals surface area contributed by atoms with Crippen LogP contribution in [0.4, 0.5) is 0 Å². The lowest BCUT2D eigenvalue weighted by atomic mass is 9.89. The average Bonchev–Trinajstić information content (AvgIpc) is 3.25. The number of nitrogens with zero attached hydrogens (tertiary/aromatic N) is 1. The Kier molecular flexibility index (Phi) is 5.89. The first-order valence-corrected chi connectivity index (χ1v) is 10.3. The van der Waals surface area contributed by atoms with E-state index in [0.717, 1.165) is 24.0 Å². The van der Waals surface area contributed by atoms with E-state index in [1.165, 1.54) is 30.2 Å². The lowest BCUT2D eigenvalue weighted by molar-refractivity contribution is -0.117. The summed E-state index contributed by atoms with van der Waals surface area (Å²) in [5, 5.41) is 15.4. The van der Waals surface area contributed by atoms with Crippen LogP contribution in [0, 0.1) is 11.3 Å². The molecule has 2 aromatic carbocycles. The minimum Gasteiger partial charge on any atom is -0.454 e. The van der Waals surface area contributed by atoms with E-state index in [1.54, 1.807) is 0 Å². The zero-order valence-electron chi connectivity index (χ0n) is 17.0. The number of hydrogen-bond donors (Lipinski definition) is 2. The normalized spacial score (nSPS) is 15.7. The van der Waals surface area contributed by atoms with Crippen LogP contribution in [0.1, 0.15) is 48.1 Å². The van der Waals surface area contributed by atoms with E-state index in [0.29, 0.717) is 18.0 Å². The summed E-state index contributed by atoms with van der Waals surface area (Å²) in [6.45, 7) is 2.54. The molecule has 6 nitrogen and oxygen atoms in total. The van der Waals surface area contributed by atoms with Crippen LogP contribution in [0.2, 0.25) is 0 Å². The van der Waals surface area contributed by atoms with E-state index in [2.05, 4.69) is 28.8 Å². The van der Waals surface area contributed by atoms with Crippen molar-refractivity contribution in [3.05, 3.63) is 70.4 Å². The van der Waals surface area contributed by atoms with Gasteiger partial charge >= 0.3 is 0 Å². The molecule has 0 fully saturated rings. The maximum atomic E-state index is 12.4. The maximum Gasteiger partial charge on any atom is 0.263 e. The average molecular weight is 403 g/mol. The molecule has 2 aliphatic rings. The number of rotatable bonds is 6. The zero-order valence-corrected chi connectivity index (χ0v) is 17.0. The highest BCUT2D eigenvalue weighted by Gasteiger charge is 2.15. The lowest BCUT2D eigenvalue weighted by Crippen LogP contribution is -2.25. The molecule has 0 radical (unpaired) electrons. The Balaban J connectivity index is 1.35. The summed E-state index contributed by atoms with van der Waals surface area (Å²) >= 11 is 0. The molecule has 1 atom stereocenters. The number of nitriles is 1. The van der Waals surface area contributed by atoms with Gasteiger partial charge in [-0.2, -0.15) is 5.26 Å². The Morgan fingerprint density at radius 3 is 2.77 bits per heavy atom. The summed E-state index contributed by atoms with van der Waals surface area (Å²) in [5.41, 5.74) is 4.93. The topological polar surface area (TPSA) is 83.4 Å². The molecule has 6 heteroatoms. The fraction of sp³-hybridized carbons (Fsp3) is 0.333. The summed E-state index contributed by atoms with van der Waals surface area (Å²) < 4.78 is 10.6. The largest absolute Gasteiger partial charge is 0.454 e. The number of benzene rings is 2. The molecule has 154 valence electrons. The number of hydrogen-bond acceptors (Lipinski definition) is 5. The summed E-state index contributed by atoms with van der Waals surface area (Å²) in [5.74, 6) is 0.946. The van der Waals surface area contributed by atoms with Crippen LogP contribution in [-0.2, 0) is 24.2 Å². The van der Waals surface area contributed by atoms with Gasteiger partial charge in [-0.1, -0.05) is 24.3 Å². The van der Waals surface area contributed by atoms with Gasteiger partial charge in [0.05, 0.1) is 0 Å². The molecule has 0 aromatic heterocycles. The minimum absolute atomic E-state index is 0.00207. The third-order valence-electron chi connectivity index (χ3n) is 5.61. The molecule has 1 unspecified atom stereocenters. The van der Waals surface area contributed by atoms with Gasteiger partial charge in [-0.05, 0) is 67.0 Å². The predicted molar refractivity (Wildman–Crippen MR) is 113 cm³/mol. The number of ether oxygens (including phenoxy) is 2. The molecular weight excluding hydrogens is 378 g/mol. The van der Waals surface area contributed by atoms with Crippen molar-refractivity contribution in [1.29, 1.82) is 5.26 Å². The van der Waals surface area contributed by atoms with Gasteiger partial charge in [-0.15, -0.1) is 0 Å². The first-order chi connectivity index (χ1) is 14.6. The van der Waals surface area contributed by atoms with Crippen LogP contribution in [0.25, 0.3) is 0 Å². The SMILES string of the molecule is CC(N/C=C(/C#N)C(=O)NCc1ccc2c(c1)OCO2)c1ccc2c(c1)CCCC2. The quantitative estimate of drug-likeness (QED) is 0.568. The Hall–Kier alpha value is -3.46. The van der Waals surface area contributed by atoms with Crippen molar-refractivity contribution >= 4 is 5.91 Å². The van der Waals surface area contributed by atoms with Gasteiger partial charge in [-0.3, -0.25) is 4.79 Å². The standard InChI is InChI=1S/C24H25N3O3/c1-16(19-8-7-18-4-2-3-5-20(18)11-19)26-14-21(12-25)24(28)27-13-17-6-9-22-23(10-17)30-15-29-22/h6-11,14,16,26H,2-5,13,15H2,1H3,(H,27,28)/b21-14-. The molecule has 1 heterocycles. The number of amides is 1. The van der Waals surface area contributed by atoms with Gasteiger partial charge in [0.1, 0.15) is 11.6 Å². The number of aryl methyl sites for hydroxylation is 2. The Labute approximate surface area is 176 Å². The van der Waals surface area contributed by atoms with Crippen molar-refractivity contribution in [2.24, 2.45) is 0 Å². The van der Waals surface area contributed by atoms with Crippen molar-refractivity contribution in [2.45, 2.75) is 45.2 Å². The van der Waals surface area contributed by atoms with E-state index < -0.39 is 5.91 Å². The second-order valence-electron chi connectivity index (χ2n) is 7.66. The van der Waals surface area contributed by atoms with E-state index in [-0.39, 0.29) is 18.4 Å². The van der Waals surface area contributed by atoms with Gasteiger partial charge in [0.25, 0.3) is 5.91 Å². The molecular formula is C24H25N3O3. The highest BCUT2D eigenvalue weighted by Crippen LogP contribution is 2.32. The van der Waals surface area contributed by atoms with E-state index in [4.69, 9.17) is 9.47 Å². The van der Waals surface area contributed by atoms with Gasteiger partial charge in [0.15, 0.2) is 11.5 Å². The van der Waals surface area contributed by atoms with Crippen molar-refractivity contribution in [3.8, 4) is 17.6 Å². The third kappa shape index (κ3) is 4.41. The van der Waals surface area contributed by atoms with E-state index in [1.807, 2.05) is 31.2 Å². The van der Waals surface area contributed by atoms with E-state index in [9.17, 15) is 10.1 Å². The molecule has 1 aliphatic heterocycles. The lowest BCUT2D eigenvalue weighted by Gasteiger charge is -2.19. The van der Waals surface area contributed by atoms with Crippen LogP contribution in [0.15, 0.2) is 48.2 Å². The van der Waals surface area contributed by atoms with Gasteiger partial charge < -0.3 is 20.1 Å². The summed E-state index contributed by atoms with van der Waals surface area (Å²) in [6, 6.07) is 14.1. The summed E-state index contributed by atoms with van der Waals surface area (Å²) in [7, 11) is 0. The van der Waals surface area contributed by atoms with Crippen LogP contribution < -0.4 is 20.1 Å². The van der Waals surface area contributed by atoms with Gasteiger partial charge in [0, 0.05) is 18.8 Å². The minimum atomic E-state index is -0.416. The maximum absolute atomic E-state index is 12.4. The predicted octanol–water partition coefficient (Wildman–Crippen LogP) is 3.67. The molecule has 2 aromatic rings. The molecule has 0 bridgehead atoms. The van der Waals surface area contributed by atoms with Gasteiger partial charge in [0.2, 0.25) is 6.79 Å². The first-order valence-electron chi connectivity index (χ1n) is 10.3. The fourth-order valence-corrected chi connectivity index (χ4v) is 3.80. The molecule has 30 heavy (non-hydrogen) atoms. The van der Waals surface area contributed by atoms with Crippen LogP contribution in [0.5, 0.6) is 11.5 Å². The summed E-state index contributed by atoms with van der Waals surface area (Å²) in [4.78, 5) is 12.4. The molecule has 4 rings (SSSR count). The molecule has 1 aliphatic carbocycles. The number of carbonyl (C=O) groups is 1. The zero-order chi connectivity index (χ0) is 20.9. The summed E-state index contributed by atoms with van der Waals surface area (Å²) in [6.07, 6.45) is 6.27. The molecule has 2 N–H and O–H groups in total.